The normalized spacial score (nSPS) is 10.4. The Morgan fingerprint density at radius 1 is 1.44 bits per heavy atom. The Hall–Kier alpha value is -0.720. The maximum absolute atomic E-state index is 13.3. The largest absolute Gasteiger partial charge is 0.483 e. The predicted molar refractivity (Wildman–Crippen MR) is 63.4 cm³/mol. The summed E-state index contributed by atoms with van der Waals surface area (Å²) < 4.78 is 19.6. The maximum atomic E-state index is 13.3. The highest BCUT2D eigenvalue weighted by Crippen LogP contribution is 2.23. The van der Waals surface area contributed by atoms with Crippen molar-refractivity contribution in [3.63, 3.8) is 0 Å². The van der Waals surface area contributed by atoms with Crippen LogP contribution in [0.25, 0.3) is 0 Å². The second-order valence-electron chi connectivity index (χ2n) is 2.81. The molecule has 16 heavy (non-hydrogen) atoms. The molecule has 0 spiro atoms. The molecule has 3 nitrogen and oxygen atoms in total. The lowest BCUT2D eigenvalue weighted by atomic mass is 10.3. The summed E-state index contributed by atoms with van der Waals surface area (Å²) in [6.45, 7) is 0.156. The van der Waals surface area contributed by atoms with Gasteiger partial charge < -0.3 is 4.74 Å². The molecule has 0 aliphatic heterocycles. The molecular weight excluding hydrogens is 319 g/mol. The molecule has 0 aliphatic carbocycles. The van der Waals surface area contributed by atoms with E-state index in [2.05, 4.69) is 26.1 Å². The molecule has 0 N–H and O–H groups in total. The number of halogens is 3. The van der Waals surface area contributed by atoms with E-state index in [0.29, 0.717) is 13.9 Å². The Morgan fingerprint density at radius 3 is 2.88 bits per heavy atom. The van der Waals surface area contributed by atoms with Gasteiger partial charge in [0.15, 0.2) is 16.6 Å². The summed E-state index contributed by atoms with van der Waals surface area (Å²) in [5.41, 5.74) is 0. The van der Waals surface area contributed by atoms with Crippen LogP contribution in [0.5, 0.6) is 5.75 Å². The lowest BCUT2D eigenvalue weighted by Gasteiger charge is -2.04. The van der Waals surface area contributed by atoms with Crippen molar-refractivity contribution in [3.05, 3.63) is 38.0 Å². The third-order valence-corrected chi connectivity index (χ3v) is 3.17. The molecule has 0 atom stereocenters. The molecule has 0 radical (unpaired) electrons. The fraction of sp³-hybridized carbons (Fsp3) is 0.111. The first-order valence-electron chi connectivity index (χ1n) is 4.21. The standard InChI is InChI=1S/C9H5BrClFN2OS/c10-5-1-2-7(6(12)3-5)15-4-8-13-14-9(11)16-8/h1-3H,4H2. The first-order valence-corrected chi connectivity index (χ1v) is 6.19. The molecule has 0 unspecified atom stereocenters. The van der Waals surface area contributed by atoms with E-state index in [0.717, 1.165) is 0 Å². The van der Waals surface area contributed by atoms with E-state index in [1.165, 1.54) is 17.4 Å². The molecule has 0 saturated heterocycles. The van der Waals surface area contributed by atoms with Gasteiger partial charge in [0.2, 0.25) is 4.47 Å². The molecule has 7 heteroatoms. The van der Waals surface area contributed by atoms with E-state index in [-0.39, 0.29) is 12.4 Å². The van der Waals surface area contributed by atoms with Crippen molar-refractivity contribution >= 4 is 38.9 Å². The molecule has 1 heterocycles. The minimum atomic E-state index is -0.426. The molecule has 1 aromatic heterocycles. The first-order chi connectivity index (χ1) is 7.65. The van der Waals surface area contributed by atoms with E-state index >= 15 is 0 Å². The zero-order valence-electron chi connectivity index (χ0n) is 7.78. The van der Waals surface area contributed by atoms with Gasteiger partial charge in [0.25, 0.3) is 0 Å². The van der Waals surface area contributed by atoms with Crippen molar-refractivity contribution in [1.82, 2.24) is 10.2 Å². The Kier molecular flexibility index (Phi) is 3.73. The van der Waals surface area contributed by atoms with Gasteiger partial charge in [-0.3, -0.25) is 0 Å². The van der Waals surface area contributed by atoms with Crippen molar-refractivity contribution < 1.29 is 9.13 Å². The van der Waals surface area contributed by atoms with Crippen LogP contribution in [-0.2, 0) is 6.61 Å². The summed E-state index contributed by atoms with van der Waals surface area (Å²) in [6.07, 6.45) is 0. The second-order valence-corrected chi connectivity index (χ2v) is 5.37. The summed E-state index contributed by atoms with van der Waals surface area (Å²) >= 11 is 9.97. The highest BCUT2D eigenvalue weighted by molar-refractivity contribution is 9.10. The van der Waals surface area contributed by atoms with E-state index in [9.17, 15) is 4.39 Å². The van der Waals surface area contributed by atoms with Crippen LogP contribution in [-0.4, -0.2) is 10.2 Å². The van der Waals surface area contributed by atoms with Crippen LogP contribution < -0.4 is 4.74 Å². The van der Waals surface area contributed by atoms with E-state index in [1.807, 2.05) is 0 Å². The SMILES string of the molecule is Fc1cc(Br)ccc1OCc1nnc(Cl)s1. The van der Waals surface area contributed by atoms with Gasteiger partial charge in [-0.05, 0) is 29.8 Å². The third-order valence-electron chi connectivity index (χ3n) is 1.69. The summed E-state index contributed by atoms with van der Waals surface area (Å²) in [5, 5.41) is 7.98. The smallest absolute Gasteiger partial charge is 0.207 e. The van der Waals surface area contributed by atoms with Crippen LogP contribution in [0.15, 0.2) is 22.7 Å². The van der Waals surface area contributed by atoms with Crippen LogP contribution in [0.2, 0.25) is 4.47 Å². The van der Waals surface area contributed by atoms with E-state index < -0.39 is 5.82 Å². The topological polar surface area (TPSA) is 35.0 Å². The minimum Gasteiger partial charge on any atom is -0.483 e. The zero-order chi connectivity index (χ0) is 11.5. The van der Waals surface area contributed by atoms with E-state index in [4.69, 9.17) is 16.3 Å². The van der Waals surface area contributed by atoms with Gasteiger partial charge in [-0.25, -0.2) is 4.39 Å². The van der Waals surface area contributed by atoms with Crippen molar-refractivity contribution in [2.45, 2.75) is 6.61 Å². The number of benzene rings is 1. The zero-order valence-corrected chi connectivity index (χ0v) is 10.9. The number of ether oxygens (including phenoxy) is 1. The minimum absolute atomic E-state index is 0.156. The Morgan fingerprint density at radius 2 is 2.25 bits per heavy atom. The highest BCUT2D eigenvalue weighted by Gasteiger charge is 2.06. The summed E-state index contributed by atoms with van der Waals surface area (Å²) in [4.78, 5) is 0. The van der Waals surface area contributed by atoms with Crippen LogP contribution in [0, 0.1) is 5.82 Å². The second kappa shape index (κ2) is 5.07. The number of nitrogens with zero attached hydrogens (tertiary/aromatic N) is 2. The third kappa shape index (κ3) is 2.90. The van der Waals surface area contributed by atoms with Gasteiger partial charge >= 0.3 is 0 Å². The van der Waals surface area contributed by atoms with Crippen LogP contribution in [0.4, 0.5) is 4.39 Å². The molecular formula is C9H5BrClFN2OS. The number of hydrogen-bond donors (Lipinski definition) is 0. The maximum Gasteiger partial charge on any atom is 0.207 e. The molecule has 2 rings (SSSR count). The lowest BCUT2D eigenvalue weighted by molar-refractivity contribution is 0.289. The van der Waals surface area contributed by atoms with Crippen LogP contribution in [0.1, 0.15) is 5.01 Å². The molecule has 0 amide bonds. The van der Waals surface area contributed by atoms with Crippen LogP contribution in [0.3, 0.4) is 0 Å². The number of hydrogen-bond acceptors (Lipinski definition) is 4. The first kappa shape index (κ1) is 11.8. The van der Waals surface area contributed by atoms with Gasteiger partial charge in [0, 0.05) is 4.47 Å². The molecule has 1 aromatic carbocycles. The summed E-state index contributed by atoms with van der Waals surface area (Å²) in [5.74, 6) is -0.250. The average Bonchev–Trinajstić information content (AvgIpc) is 2.63. The van der Waals surface area contributed by atoms with Crippen molar-refractivity contribution in [1.29, 1.82) is 0 Å². The average molecular weight is 324 g/mol. The van der Waals surface area contributed by atoms with Gasteiger partial charge in [0.1, 0.15) is 6.61 Å². The molecule has 2 aromatic rings. The molecule has 0 fully saturated rings. The lowest BCUT2D eigenvalue weighted by Crippen LogP contribution is -1.96. The van der Waals surface area contributed by atoms with Crippen molar-refractivity contribution in [2.75, 3.05) is 0 Å². The Labute approximate surface area is 108 Å². The molecule has 84 valence electrons. The summed E-state index contributed by atoms with van der Waals surface area (Å²) in [7, 11) is 0. The van der Waals surface area contributed by atoms with E-state index in [1.54, 1.807) is 12.1 Å². The van der Waals surface area contributed by atoms with Gasteiger partial charge in [-0.2, -0.15) is 0 Å². The van der Waals surface area contributed by atoms with Gasteiger partial charge in [-0.15, -0.1) is 10.2 Å². The molecule has 0 saturated carbocycles. The van der Waals surface area contributed by atoms with Gasteiger partial charge in [0.05, 0.1) is 0 Å². The van der Waals surface area contributed by atoms with Crippen molar-refractivity contribution in [3.8, 4) is 5.75 Å². The summed E-state index contributed by atoms with van der Waals surface area (Å²) in [6, 6.07) is 4.58. The Bertz CT molecular complexity index is 508. The molecule has 0 bridgehead atoms. The number of aromatic nitrogens is 2. The number of rotatable bonds is 3. The molecule has 0 aliphatic rings. The van der Waals surface area contributed by atoms with Crippen LogP contribution >= 0.6 is 38.9 Å². The predicted octanol–water partition coefficient (Wildman–Crippen LogP) is 3.67. The monoisotopic (exact) mass is 322 g/mol. The highest BCUT2D eigenvalue weighted by atomic mass is 79.9. The quantitative estimate of drug-likeness (QED) is 0.864. The fourth-order valence-electron chi connectivity index (χ4n) is 1.02. The Balaban J connectivity index is 2.04. The van der Waals surface area contributed by atoms with Crippen molar-refractivity contribution in [2.24, 2.45) is 0 Å². The fourth-order valence-corrected chi connectivity index (χ4v) is 2.14. The van der Waals surface area contributed by atoms with Gasteiger partial charge in [-0.1, -0.05) is 27.3 Å².